The number of hydrogen-bond acceptors (Lipinski definition) is 3. The fourth-order valence-electron chi connectivity index (χ4n) is 3.52. The molecule has 2 amide bonds. The predicted molar refractivity (Wildman–Crippen MR) is 85.0 cm³/mol. The highest BCUT2D eigenvalue weighted by atomic mass is 32.1. The molecule has 0 saturated carbocycles. The van der Waals surface area contributed by atoms with E-state index in [1.807, 2.05) is 56.6 Å². The first-order valence-electron chi connectivity index (χ1n) is 7.39. The smallest absolute Gasteiger partial charge is 0.270 e. The molecule has 0 aliphatic carbocycles. The maximum Gasteiger partial charge on any atom is 0.270 e. The zero-order valence-corrected chi connectivity index (χ0v) is 13.1. The molecule has 0 bridgehead atoms. The Morgan fingerprint density at radius 1 is 1.27 bits per heavy atom. The zero-order valence-electron chi connectivity index (χ0n) is 12.3. The molecule has 2 atom stereocenters. The summed E-state index contributed by atoms with van der Waals surface area (Å²) in [5.74, 6) is 0.378. The van der Waals surface area contributed by atoms with Crippen LogP contribution in [0.5, 0.6) is 0 Å². The summed E-state index contributed by atoms with van der Waals surface area (Å²) >= 11 is 1.60. The van der Waals surface area contributed by atoms with E-state index in [-0.39, 0.29) is 23.7 Å². The average Bonchev–Trinajstić information content (AvgIpc) is 3.24. The molecule has 4 rings (SSSR count). The number of carbonyl (C=O) groups excluding carboxylic acids is 2. The number of rotatable bonds is 2. The third-order valence-corrected chi connectivity index (χ3v) is 5.38. The molecule has 2 aliphatic heterocycles. The number of aryl methyl sites for hydroxylation is 1. The van der Waals surface area contributed by atoms with Crippen LogP contribution in [-0.4, -0.2) is 40.9 Å². The lowest BCUT2D eigenvalue weighted by atomic mass is 10.0. The summed E-state index contributed by atoms with van der Waals surface area (Å²) in [4.78, 5) is 28.9. The number of thiophene rings is 1. The molecule has 0 aromatic carbocycles. The molecular weight excluding hydrogens is 298 g/mol. The third-order valence-electron chi connectivity index (χ3n) is 4.71. The second-order valence-electron chi connectivity index (χ2n) is 6.01. The van der Waals surface area contributed by atoms with Crippen LogP contribution in [0.4, 0.5) is 5.69 Å². The van der Waals surface area contributed by atoms with Crippen molar-refractivity contribution in [2.45, 2.75) is 0 Å². The van der Waals surface area contributed by atoms with Crippen molar-refractivity contribution >= 4 is 28.8 Å². The lowest BCUT2D eigenvalue weighted by molar-refractivity contribution is -0.120. The van der Waals surface area contributed by atoms with Crippen LogP contribution < -0.4 is 4.90 Å². The molecule has 22 heavy (non-hydrogen) atoms. The number of hydrogen-bond donors (Lipinski definition) is 0. The van der Waals surface area contributed by atoms with E-state index in [0.29, 0.717) is 18.8 Å². The van der Waals surface area contributed by atoms with E-state index in [9.17, 15) is 9.59 Å². The van der Waals surface area contributed by atoms with Gasteiger partial charge in [-0.25, -0.2) is 0 Å². The van der Waals surface area contributed by atoms with E-state index in [4.69, 9.17) is 0 Å². The maximum atomic E-state index is 12.6. The second-order valence-corrected chi connectivity index (χ2v) is 6.79. The lowest BCUT2D eigenvalue weighted by Gasteiger charge is -2.21. The fraction of sp³-hybridized carbons (Fsp3) is 0.375. The summed E-state index contributed by atoms with van der Waals surface area (Å²) in [5, 5.41) is 3.99. The summed E-state index contributed by atoms with van der Waals surface area (Å²) in [5.41, 5.74) is 1.67. The zero-order chi connectivity index (χ0) is 15.3. The molecule has 6 heteroatoms. The standard InChI is InChI=1S/C16H17N3O2S/c1-17-5-2-3-14(17)16(21)18-7-11-8-19(12-4-6-22-10-12)15(20)13(11)9-18/h2-6,10-11,13H,7-9H2,1H3/t11-,13-/m0/s1. The largest absolute Gasteiger partial charge is 0.347 e. The van der Waals surface area contributed by atoms with Gasteiger partial charge >= 0.3 is 0 Å². The minimum absolute atomic E-state index is 0.0248. The number of aromatic nitrogens is 1. The van der Waals surface area contributed by atoms with Gasteiger partial charge < -0.3 is 14.4 Å². The van der Waals surface area contributed by atoms with Gasteiger partial charge in [-0.1, -0.05) is 0 Å². The molecule has 5 nitrogen and oxygen atoms in total. The molecule has 2 saturated heterocycles. The van der Waals surface area contributed by atoms with E-state index in [1.54, 1.807) is 11.3 Å². The van der Waals surface area contributed by atoms with Crippen molar-refractivity contribution in [2.75, 3.05) is 24.5 Å². The molecule has 2 fully saturated rings. The molecule has 4 heterocycles. The van der Waals surface area contributed by atoms with Crippen LogP contribution in [0.15, 0.2) is 35.2 Å². The first-order valence-corrected chi connectivity index (χ1v) is 8.33. The Balaban J connectivity index is 1.50. The molecule has 0 radical (unpaired) electrons. The van der Waals surface area contributed by atoms with E-state index in [2.05, 4.69) is 0 Å². The first kappa shape index (κ1) is 13.6. The molecule has 114 valence electrons. The summed E-state index contributed by atoms with van der Waals surface area (Å²) in [6, 6.07) is 5.68. The van der Waals surface area contributed by atoms with Gasteiger partial charge in [-0.05, 0) is 23.6 Å². The molecule has 0 N–H and O–H groups in total. The van der Waals surface area contributed by atoms with Crippen LogP contribution in [0, 0.1) is 11.8 Å². The minimum atomic E-state index is -0.0517. The number of anilines is 1. The third kappa shape index (κ3) is 1.98. The van der Waals surface area contributed by atoms with Gasteiger partial charge in [-0.3, -0.25) is 9.59 Å². The van der Waals surface area contributed by atoms with Crippen LogP contribution in [0.25, 0.3) is 0 Å². The van der Waals surface area contributed by atoms with Gasteiger partial charge in [-0.2, -0.15) is 11.3 Å². The Morgan fingerprint density at radius 2 is 2.14 bits per heavy atom. The Bertz CT molecular complexity index is 722. The molecule has 0 unspecified atom stereocenters. The normalized spacial score (nSPS) is 24.1. The Labute approximate surface area is 132 Å². The molecule has 2 aliphatic rings. The average molecular weight is 315 g/mol. The van der Waals surface area contributed by atoms with Gasteiger partial charge in [0.15, 0.2) is 0 Å². The van der Waals surface area contributed by atoms with Crippen LogP contribution in [0.1, 0.15) is 10.5 Å². The first-order chi connectivity index (χ1) is 10.6. The predicted octanol–water partition coefficient (Wildman–Crippen LogP) is 1.82. The van der Waals surface area contributed by atoms with Crippen LogP contribution >= 0.6 is 11.3 Å². The van der Waals surface area contributed by atoms with Gasteiger partial charge in [0.2, 0.25) is 5.91 Å². The maximum absolute atomic E-state index is 12.6. The number of likely N-dealkylation sites (tertiary alicyclic amines) is 1. The molecule has 0 spiro atoms. The monoisotopic (exact) mass is 315 g/mol. The van der Waals surface area contributed by atoms with Gasteiger partial charge in [-0.15, -0.1) is 0 Å². The Hall–Kier alpha value is -2.08. The van der Waals surface area contributed by atoms with Crippen LogP contribution in [0.2, 0.25) is 0 Å². The highest BCUT2D eigenvalue weighted by Gasteiger charge is 2.48. The van der Waals surface area contributed by atoms with Crippen molar-refractivity contribution in [1.29, 1.82) is 0 Å². The van der Waals surface area contributed by atoms with Crippen LogP contribution in [0.3, 0.4) is 0 Å². The lowest BCUT2D eigenvalue weighted by Crippen LogP contribution is -2.36. The van der Waals surface area contributed by atoms with E-state index < -0.39 is 0 Å². The van der Waals surface area contributed by atoms with Gasteiger partial charge in [0.05, 0.1) is 11.6 Å². The topological polar surface area (TPSA) is 45.6 Å². The molecular formula is C16H17N3O2S. The van der Waals surface area contributed by atoms with E-state index in [1.165, 1.54) is 0 Å². The summed E-state index contributed by atoms with van der Waals surface area (Å²) in [6.07, 6.45) is 1.87. The van der Waals surface area contributed by atoms with Crippen molar-refractivity contribution in [1.82, 2.24) is 9.47 Å². The highest BCUT2D eigenvalue weighted by molar-refractivity contribution is 7.08. The van der Waals surface area contributed by atoms with Crippen molar-refractivity contribution in [3.63, 3.8) is 0 Å². The quantitative estimate of drug-likeness (QED) is 0.848. The highest BCUT2D eigenvalue weighted by Crippen LogP contribution is 2.36. The molecule has 2 aromatic heterocycles. The van der Waals surface area contributed by atoms with Crippen molar-refractivity contribution in [3.05, 3.63) is 40.8 Å². The van der Waals surface area contributed by atoms with Crippen molar-refractivity contribution < 1.29 is 9.59 Å². The van der Waals surface area contributed by atoms with Gasteiger partial charge in [0.1, 0.15) is 5.69 Å². The number of amides is 2. The minimum Gasteiger partial charge on any atom is -0.347 e. The Morgan fingerprint density at radius 3 is 2.77 bits per heavy atom. The number of carbonyl (C=O) groups is 2. The number of fused-ring (bicyclic) bond motifs is 1. The van der Waals surface area contributed by atoms with Gasteiger partial charge in [0, 0.05) is 44.2 Å². The summed E-state index contributed by atoms with van der Waals surface area (Å²) in [7, 11) is 1.87. The fourth-order valence-corrected chi connectivity index (χ4v) is 4.16. The number of nitrogens with zero attached hydrogens (tertiary/aromatic N) is 3. The summed E-state index contributed by atoms with van der Waals surface area (Å²) in [6.45, 7) is 1.92. The van der Waals surface area contributed by atoms with E-state index in [0.717, 1.165) is 12.2 Å². The Kier molecular flexibility index (Phi) is 3.07. The molecule has 2 aromatic rings. The van der Waals surface area contributed by atoms with E-state index >= 15 is 0 Å². The SMILES string of the molecule is Cn1cccc1C(=O)N1C[C@H]2CN(c3ccsc3)C(=O)[C@H]2C1. The second kappa shape index (κ2) is 4.98. The van der Waals surface area contributed by atoms with Gasteiger partial charge in [0.25, 0.3) is 5.91 Å². The summed E-state index contributed by atoms with van der Waals surface area (Å²) < 4.78 is 1.83. The van der Waals surface area contributed by atoms with Crippen molar-refractivity contribution in [3.8, 4) is 0 Å². The van der Waals surface area contributed by atoms with Crippen LogP contribution in [-0.2, 0) is 11.8 Å². The van der Waals surface area contributed by atoms with Crippen molar-refractivity contribution in [2.24, 2.45) is 18.9 Å².